The second kappa shape index (κ2) is 5.26. The predicted molar refractivity (Wildman–Crippen MR) is 85.9 cm³/mol. The Morgan fingerprint density at radius 1 is 1.14 bits per heavy atom. The molecule has 0 spiro atoms. The summed E-state index contributed by atoms with van der Waals surface area (Å²) < 4.78 is 11.9. The van der Waals surface area contributed by atoms with Crippen LogP contribution in [0.5, 0.6) is 0 Å². The van der Waals surface area contributed by atoms with Gasteiger partial charge in [-0.15, -0.1) is 0 Å². The number of pyridine rings is 1. The highest BCUT2D eigenvalue weighted by Gasteiger charge is 2.49. The topological polar surface area (TPSA) is 31.4 Å². The molecule has 1 aliphatic heterocycles. The van der Waals surface area contributed by atoms with Gasteiger partial charge in [-0.1, -0.05) is 18.5 Å². The number of hydrogen-bond acceptors (Lipinski definition) is 3. The second-order valence-electron chi connectivity index (χ2n) is 7.16. The molecule has 1 saturated carbocycles. The van der Waals surface area contributed by atoms with E-state index in [9.17, 15) is 0 Å². The first-order chi connectivity index (χ1) is 9.87. The lowest BCUT2D eigenvalue weighted by Crippen LogP contribution is -2.41. The first-order valence-corrected chi connectivity index (χ1v) is 7.86. The molecule has 21 heavy (non-hydrogen) atoms. The minimum Gasteiger partial charge on any atom is -0.400 e. The lowest BCUT2D eigenvalue weighted by atomic mass is 9.80. The van der Waals surface area contributed by atoms with E-state index in [2.05, 4.69) is 44.8 Å². The summed E-state index contributed by atoms with van der Waals surface area (Å²) in [5.41, 5.74) is 1.91. The lowest BCUT2D eigenvalue weighted by molar-refractivity contribution is 0.00578. The molecular weight excluding hydrogens is 261 g/mol. The quantitative estimate of drug-likeness (QED) is 0.787. The van der Waals surface area contributed by atoms with Gasteiger partial charge in [0.2, 0.25) is 0 Å². The van der Waals surface area contributed by atoms with Crippen molar-refractivity contribution < 1.29 is 9.31 Å². The van der Waals surface area contributed by atoms with Crippen molar-refractivity contribution in [2.45, 2.75) is 64.1 Å². The van der Waals surface area contributed by atoms with Gasteiger partial charge in [0.1, 0.15) is 0 Å². The molecule has 0 radical (unpaired) electrons. The van der Waals surface area contributed by atoms with Crippen molar-refractivity contribution in [2.24, 2.45) is 0 Å². The number of nitrogens with zero attached hydrogens (tertiary/aromatic N) is 1. The molecule has 0 amide bonds. The fraction of sp³-hybridized carbons (Fsp3) is 0.588. The van der Waals surface area contributed by atoms with Gasteiger partial charge in [-0.2, -0.15) is 0 Å². The van der Waals surface area contributed by atoms with Crippen molar-refractivity contribution in [2.75, 3.05) is 0 Å². The molecule has 2 fully saturated rings. The molecule has 3 rings (SSSR count). The maximum Gasteiger partial charge on any atom is 0.487 e. The van der Waals surface area contributed by atoms with Gasteiger partial charge < -0.3 is 9.31 Å². The first-order valence-electron chi connectivity index (χ1n) is 7.86. The van der Waals surface area contributed by atoms with Gasteiger partial charge in [-0.05, 0) is 63.6 Å². The molecule has 0 N–H and O–H groups in total. The largest absolute Gasteiger partial charge is 0.487 e. The summed E-state index contributed by atoms with van der Waals surface area (Å²) in [7, 11) is -0.289. The predicted octanol–water partition coefficient (Wildman–Crippen LogP) is 3.99. The van der Waals surface area contributed by atoms with Crippen LogP contribution in [0.25, 0.3) is 6.08 Å². The van der Waals surface area contributed by atoms with Crippen LogP contribution in [0, 0.1) is 0 Å². The molecule has 4 heteroatoms. The molecule has 2 heterocycles. The molecule has 2 aliphatic rings. The maximum atomic E-state index is 5.97. The third-order valence-corrected chi connectivity index (χ3v) is 5.07. The third kappa shape index (κ3) is 2.92. The summed E-state index contributed by atoms with van der Waals surface area (Å²) in [6.45, 7) is 8.28. The molecule has 112 valence electrons. The highest BCUT2D eigenvalue weighted by molar-refractivity contribution is 6.52. The van der Waals surface area contributed by atoms with E-state index in [1.165, 1.54) is 24.8 Å². The van der Waals surface area contributed by atoms with Gasteiger partial charge in [0.05, 0.1) is 11.2 Å². The molecular formula is C17H24BNO2. The van der Waals surface area contributed by atoms with Gasteiger partial charge >= 0.3 is 7.12 Å². The lowest BCUT2D eigenvalue weighted by Gasteiger charge is -2.32. The van der Waals surface area contributed by atoms with E-state index < -0.39 is 0 Å². The van der Waals surface area contributed by atoms with E-state index in [0.29, 0.717) is 5.92 Å². The zero-order valence-electron chi connectivity index (χ0n) is 13.4. The molecule has 0 atom stereocenters. The van der Waals surface area contributed by atoms with Crippen LogP contribution in [0.1, 0.15) is 64.0 Å². The van der Waals surface area contributed by atoms with Crippen LogP contribution in [0.3, 0.4) is 0 Å². The van der Waals surface area contributed by atoms with Gasteiger partial charge in [-0.25, -0.2) is 0 Å². The number of rotatable bonds is 3. The monoisotopic (exact) mass is 285 g/mol. The SMILES string of the molecule is CC1(C)OB(/C=C/c2cncc(C3CCC3)c2)OC1(C)C. The minimum absolute atomic E-state index is 0.284. The smallest absolute Gasteiger partial charge is 0.400 e. The Hall–Kier alpha value is -1.13. The Morgan fingerprint density at radius 3 is 2.38 bits per heavy atom. The van der Waals surface area contributed by atoms with E-state index in [-0.39, 0.29) is 18.3 Å². The summed E-state index contributed by atoms with van der Waals surface area (Å²) >= 11 is 0. The summed E-state index contributed by atoms with van der Waals surface area (Å²) in [6, 6.07) is 2.23. The Balaban J connectivity index is 1.69. The average molecular weight is 285 g/mol. The highest BCUT2D eigenvalue weighted by Crippen LogP contribution is 2.38. The Labute approximate surface area is 127 Å². The zero-order valence-corrected chi connectivity index (χ0v) is 13.4. The summed E-state index contributed by atoms with van der Waals surface area (Å²) in [5.74, 6) is 2.70. The van der Waals surface area contributed by atoms with E-state index in [1.54, 1.807) is 0 Å². The Kier molecular flexibility index (Phi) is 3.70. The molecule has 3 nitrogen and oxygen atoms in total. The van der Waals surface area contributed by atoms with E-state index >= 15 is 0 Å². The standard InChI is InChI=1S/C17H24BNO2/c1-16(2)17(3,4)21-18(20-16)9-8-13-10-15(12-19-11-13)14-6-5-7-14/h8-12,14H,5-7H2,1-4H3/b9-8+. The van der Waals surface area contributed by atoms with Gasteiger partial charge in [-0.3, -0.25) is 4.98 Å². The van der Waals surface area contributed by atoms with Crippen LogP contribution < -0.4 is 0 Å². The van der Waals surface area contributed by atoms with Crippen molar-refractivity contribution in [1.82, 2.24) is 4.98 Å². The van der Waals surface area contributed by atoms with Gasteiger partial charge in [0.25, 0.3) is 0 Å². The van der Waals surface area contributed by atoms with Gasteiger partial charge in [0.15, 0.2) is 0 Å². The summed E-state index contributed by atoms with van der Waals surface area (Å²) in [6.07, 6.45) is 9.88. The average Bonchev–Trinajstić information content (AvgIpc) is 2.54. The van der Waals surface area contributed by atoms with Crippen molar-refractivity contribution in [3.63, 3.8) is 0 Å². The van der Waals surface area contributed by atoms with Crippen LogP contribution in [0.4, 0.5) is 0 Å². The molecule has 1 aromatic heterocycles. The molecule has 0 unspecified atom stereocenters. The molecule has 1 saturated heterocycles. The van der Waals surface area contributed by atoms with Crippen LogP contribution >= 0.6 is 0 Å². The maximum absolute atomic E-state index is 5.97. The van der Waals surface area contributed by atoms with Crippen molar-refractivity contribution >= 4 is 13.2 Å². The summed E-state index contributed by atoms with van der Waals surface area (Å²) in [5, 5.41) is 0. The molecule has 0 aromatic carbocycles. The molecule has 0 bridgehead atoms. The van der Waals surface area contributed by atoms with Gasteiger partial charge in [0, 0.05) is 12.4 Å². The number of hydrogen-bond donors (Lipinski definition) is 0. The minimum atomic E-state index is -0.289. The van der Waals surface area contributed by atoms with E-state index in [4.69, 9.17) is 9.31 Å². The van der Waals surface area contributed by atoms with Crippen LogP contribution in [-0.4, -0.2) is 23.3 Å². The van der Waals surface area contributed by atoms with Crippen molar-refractivity contribution in [3.8, 4) is 0 Å². The zero-order chi connectivity index (χ0) is 15.1. The Morgan fingerprint density at radius 2 is 1.81 bits per heavy atom. The molecule has 1 aliphatic carbocycles. The van der Waals surface area contributed by atoms with E-state index in [0.717, 1.165) is 5.56 Å². The molecule has 1 aromatic rings. The highest BCUT2D eigenvalue weighted by atomic mass is 16.7. The van der Waals surface area contributed by atoms with Crippen molar-refractivity contribution in [1.29, 1.82) is 0 Å². The van der Waals surface area contributed by atoms with Crippen molar-refractivity contribution in [3.05, 3.63) is 35.6 Å². The first kappa shape index (κ1) is 14.8. The van der Waals surface area contributed by atoms with E-state index in [1.807, 2.05) is 18.4 Å². The fourth-order valence-electron chi connectivity index (χ4n) is 2.69. The van der Waals surface area contributed by atoms with Crippen LogP contribution in [-0.2, 0) is 9.31 Å². The number of aromatic nitrogens is 1. The second-order valence-corrected chi connectivity index (χ2v) is 7.16. The third-order valence-electron chi connectivity index (χ3n) is 5.07. The van der Waals surface area contributed by atoms with Crippen LogP contribution in [0.15, 0.2) is 24.4 Å². The Bertz CT molecular complexity index is 533. The fourth-order valence-corrected chi connectivity index (χ4v) is 2.69. The normalized spacial score (nSPS) is 24.5. The summed E-state index contributed by atoms with van der Waals surface area (Å²) in [4.78, 5) is 4.36. The van der Waals surface area contributed by atoms with Crippen LogP contribution in [0.2, 0.25) is 0 Å².